The Balaban J connectivity index is 1.71. The lowest BCUT2D eigenvalue weighted by atomic mass is 10.2. The second-order valence-electron chi connectivity index (χ2n) is 7.12. The molecule has 0 spiro atoms. The van der Waals surface area contributed by atoms with Crippen molar-refractivity contribution in [3.05, 3.63) is 54.1 Å². The number of fused-ring (bicyclic) bond motifs is 2. The van der Waals surface area contributed by atoms with Crippen LogP contribution in [-0.4, -0.2) is 59.8 Å². The fourth-order valence-electron chi connectivity index (χ4n) is 3.59. The van der Waals surface area contributed by atoms with Gasteiger partial charge in [0, 0.05) is 31.2 Å². The maximum atomic E-state index is 12.5. The number of amides is 2. The quantitative estimate of drug-likeness (QED) is 0.538. The van der Waals surface area contributed by atoms with Crippen LogP contribution in [0.3, 0.4) is 0 Å². The average molecular weight is 402 g/mol. The molecule has 10 nitrogen and oxygen atoms in total. The Hall–Kier alpha value is -4.08. The zero-order valence-electron chi connectivity index (χ0n) is 16.2. The molecule has 2 N–H and O–H groups in total. The maximum Gasteiger partial charge on any atom is 0.271 e. The lowest BCUT2D eigenvalue weighted by Gasteiger charge is -2.22. The molecule has 0 fully saturated rings. The van der Waals surface area contributed by atoms with Gasteiger partial charge in [0.05, 0.1) is 24.2 Å². The zero-order valence-corrected chi connectivity index (χ0v) is 16.2. The highest BCUT2D eigenvalue weighted by molar-refractivity contribution is 5.94. The number of carbonyl (C=O) groups is 2. The number of pyridine rings is 1. The maximum absolute atomic E-state index is 12.5. The van der Waals surface area contributed by atoms with E-state index < -0.39 is 5.91 Å². The molecule has 10 heteroatoms. The number of nitrogens with two attached hydrogens (primary N) is 1. The monoisotopic (exact) mass is 402 g/mol. The number of primary amides is 1. The van der Waals surface area contributed by atoms with Gasteiger partial charge >= 0.3 is 0 Å². The third kappa shape index (κ3) is 2.89. The van der Waals surface area contributed by atoms with Gasteiger partial charge in [-0.1, -0.05) is 18.2 Å². The van der Waals surface area contributed by atoms with Crippen LogP contribution in [0.15, 0.2) is 42.6 Å². The van der Waals surface area contributed by atoms with E-state index in [1.54, 1.807) is 33.6 Å². The smallest absolute Gasteiger partial charge is 0.271 e. The number of aromatic nitrogens is 6. The molecule has 0 radical (unpaired) electrons. The van der Waals surface area contributed by atoms with Crippen LogP contribution in [0.1, 0.15) is 16.3 Å². The van der Waals surface area contributed by atoms with Crippen LogP contribution in [0, 0.1) is 0 Å². The summed E-state index contributed by atoms with van der Waals surface area (Å²) in [5.74, 6) is 0.0625. The number of hydrogen-bond acceptors (Lipinski definition) is 6. The molecule has 0 aliphatic carbocycles. The molecule has 5 rings (SSSR count). The van der Waals surface area contributed by atoms with Crippen LogP contribution in [0.5, 0.6) is 0 Å². The second kappa shape index (κ2) is 6.76. The Morgan fingerprint density at radius 1 is 1.17 bits per heavy atom. The highest BCUT2D eigenvalue weighted by Gasteiger charge is 2.27. The van der Waals surface area contributed by atoms with Gasteiger partial charge in [0.1, 0.15) is 11.4 Å². The van der Waals surface area contributed by atoms with Crippen LogP contribution in [-0.2, 0) is 17.8 Å². The van der Waals surface area contributed by atoms with Crippen LogP contribution >= 0.6 is 0 Å². The van der Waals surface area contributed by atoms with Gasteiger partial charge in [0.15, 0.2) is 11.6 Å². The van der Waals surface area contributed by atoms with Crippen molar-refractivity contribution in [3.63, 3.8) is 0 Å². The highest BCUT2D eigenvalue weighted by Crippen LogP contribution is 2.26. The Labute approximate surface area is 170 Å². The molecule has 2 amide bonds. The molecular weight excluding hydrogens is 384 g/mol. The molecule has 3 aromatic heterocycles. The van der Waals surface area contributed by atoms with Crippen molar-refractivity contribution >= 4 is 22.7 Å². The topological polar surface area (TPSA) is 125 Å². The van der Waals surface area contributed by atoms with E-state index in [9.17, 15) is 9.59 Å². The number of benzene rings is 1. The molecule has 4 heterocycles. The fourth-order valence-corrected chi connectivity index (χ4v) is 3.59. The predicted octanol–water partition coefficient (Wildman–Crippen LogP) is 0.792. The first-order chi connectivity index (χ1) is 14.5. The van der Waals surface area contributed by atoms with Crippen LogP contribution in [0.4, 0.5) is 0 Å². The number of hydrogen-bond donors (Lipinski definition) is 1. The molecule has 0 saturated heterocycles. The minimum atomic E-state index is -0.532. The van der Waals surface area contributed by atoms with Gasteiger partial charge in [0.25, 0.3) is 5.91 Å². The number of rotatable bonds is 4. The normalized spacial score (nSPS) is 13.6. The molecule has 150 valence electrons. The SMILES string of the molecule is CN1CCn2nc(-c3nc(CC(N)=O)nn3-c3cccc4cccnc34)cc2C1=O. The second-order valence-corrected chi connectivity index (χ2v) is 7.12. The first-order valence-corrected chi connectivity index (χ1v) is 9.43. The van der Waals surface area contributed by atoms with Gasteiger partial charge < -0.3 is 10.6 Å². The highest BCUT2D eigenvalue weighted by atomic mass is 16.2. The minimum Gasteiger partial charge on any atom is -0.369 e. The standard InChI is InChI=1S/C20H18N8O2/c1-26-8-9-27-15(20(26)30)10-13(24-27)19-23-17(11-16(21)29)25-28(19)14-6-2-4-12-5-3-7-22-18(12)14/h2-7,10H,8-9,11H2,1H3,(H2,21,29). The van der Waals surface area contributed by atoms with E-state index in [1.807, 2.05) is 30.3 Å². The fraction of sp³-hybridized carbons (Fsp3) is 0.200. The van der Waals surface area contributed by atoms with Crippen molar-refractivity contribution in [1.82, 2.24) is 34.4 Å². The van der Waals surface area contributed by atoms with Gasteiger partial charge in [-0.2, -0.15) is 10.2 Å². The van der Waals surface area contributed by atoms with E-state index >= 15 is 0 Å². The Morgan fingerprint density at radius 3 is 2.83 bits per heavy atom. The van der Waals surface area contributed by atoms with Gasteiger partial charge in [-0.3, -0.25) is 19.3 Å². The molecule has 0 bridgehead atoms. The summed E-state index contributed by atoms with van der Waals surface area (Å²) >= 11 is 0. The van der Waals surface area contributed by atoms with E-state index in [2.05, 4.69) is 20.2 Å². The van der Waals surface area contributed by atoms with Gasteiger partial charge in [-0.15, -0.1) is 0 Å². The van der Waals surface area contributed by atoms with Crippen molar-refractivity contribution in [1.29, 1.82) is 0 Å². The van der Waals surface area contributed by atoms with Crippen molar-refractivity contribution in [2.45, 2.75) is 13.0 Å². The van der Waals surface area contributed by atoms with Crippen LogP contribution in [0.25, 0.3) is 28.1 Å². The predicted molar refractivity (Wildman–Crippen MR) is 108 cm³/mol. The third-order valence-corrected chi connectivity index (χ3v) is 5.05. The van der Waals surface area contributed by atoms with E-state index in [4.69, 9.17) is 5.73 Å². The third-order valence-electron chi connectivity index (χ3n) is 5.05. The summed E-state index contributed by atoms with van der Waals surface area (Å²) in [4.78, 5) is 34.6. The summed E-state index contributed by atoms with van der Waals surface area (Å²) < 4.78 is 3.28. The van der Waals surface area contributed by atoms with Gasteiger partial charge in [0.2, 0.25) is 5.91 Å². The lowest BCUT2D eigenvalue weighted by Crippen LogP contribution is -2.37. The number of carbonyl (C=O) groups excluding carboxylic acids is 2. The molecule has 0 unspecified atom stereocenters. The molecule has 1 aliphatic heterocycles. The van der Waals surface area contributed by atoms with E-state index in [-0.39, 0.29) is 18.2 Å². The van der Waals surface area contributed by atoms with Crippen molar-refractivity contribution in [2.24, 2.45) is 5.73 Å². The molecular formula is C20H18N8O2. The van der Waals surface area contributed by atoms with Gasteiger partial charge in [-0.25, -0.2) is 9.67 Å². The van der Waals surface area contributed by atoms with Gasteiger partial charge in [-0.05, 0) is 12.1 Å². The molecule has 0 atom stereocenters. The number of para-hydroxylation sites is 1. The van der Waals surface area contributed by atoms with E-state index in [0.717, 1.165) is 10.9 Å². The lowest BCUT2D eigenvalue weighted by molar-refractivity contribution is -0.117. The Morgan fingerprint density at radius 2 is 2.00 bits per heavy atom. The van der Waals surface area contributed by atoms with Crippen molar-refractivity contribution in [2.75, 3.05) is 13.6 Å². The van der Waals surface area contributed by atoms with Crippen molar-refractivity contribution in [3.8, 4) is 17.2 Å². The van der Waals surface area contributed by atoms with Crippen LogP contribution < -0.4 is 5.73 Å². The van der Waals surface area contributed by atoms with Crippen LogP contribution in [0.2, 0.25) is 0 Å². The molecule has 30 heavy (non-hydrogen) atoms. The Bertz CT molecular complexity index is 1300. The summed E-state index contributed by atoms with van der Waals surface area (Å²) in [5.41, 5.74) is 7.76. The molecule has 4 aromatic rings. The summed E-state index contributed by atoms with van der Waals surface area (Å²) in [6.07, 6.45) is 1.60. The molecule has 1 aromatic carbocycles. The molecule has 0 saturated carbocycles. The minimum absolute atomic E-state index is 0.102. The Kier molecular flexibility index (Phi) is 4.05. The summed E-state index contributed by atoms with van der Waals surface area (Å²) in [6.45, 7) is 1.18. The first kappa shape index (κ1) is 18.0. The summed E-state index contributed by atoms with van der Waals surface area (Å²) in [7, 11) is 1.76. The largest absolute Gasteiger partial charge is 0.369 e. The summed E-state index contributed by atoms with van der Waals surface area (Å²) in [6, 6.07) is 11.2. The molecule has 1 aliphatic rings. The van der Waals surface area contributed by atoms with E-state index in [1.165, 1.54) is 0 Å². The number of likely N-dealkylation sites (N-methyl/N-ethyl adjacent to an activating group) is 1. The first-order valence-electron chi connectivity index (χ1n) is 9.43. The van der Waals surface area contributed by atoms with E-state index in [0.29, 0.717) is 36.0 Å². The average Bonchev–Trinajstić information content (AvgIpc) is 3.34. The number of nitrogens with zero attached hydrogens (tertiary/aromatic N) is 7. The zero-order chi connectivity index (χ0) is 20.8. The van der Waals surface area contributed by atoms with Crippen molar-refractivity contribution < 1.29 is 9.59 Å². The summed E-state index contributed by atoms with van der Waals surface area (Å²) in [5, 5.41) is 10.0.